The molecule has 0 aromatic heterocycles. The first-order valence-corrected chi connectivity index (χ1v) is 7.90. The van der Waals surface area contributed by atoms with Crippen molar-refractivity contribution in [3.63, 3.8) is 0 Å². The van der Waals surface area contributed by atoms with E-state index in [9.17, 15) is 14.0 Å². The minimum Gasteiger partial charge on any atom is -0.369 e. The molecule has 3 amide bonds. The van der Waals surface area contributed by atoms with Crippen LogP contribution in [0.3, 0.4) is 0 Å². The SMILES string of the molecule is C[C@@H](C(=O)N1CCNC1=O)N1CCN(c2ccc(F)cc2)CC1. The van der Waals surface area contributed by atoms with Crippen LogP contribution in [0.5, 0.6) is 0 Å². The minimum absolute atomic E-state index is 0.143. The first-order chi connectivity index (χ1) is 11.1. The molecule has 7 heteroatoms. The molecule has 124 valence electrons. The second-order valence-corrected chi connectivity index (χ2v) is 5.90. The maximum atomic E-state index is 13.0. The number of anilines is 1. The van der Waals surface area contributed by atoms with Crippen LogP contribution in [0, 0.1) is 5.82 Å². The molecule has 0 unspecified atom stereocenters. The van der Waals surface area contributed by atoms with Crippen molar-refractivity contribution in [2.45, 2.75) is 13.0 Å². The van der Waals surface area contributed by atoms with Crippen molar-refractivity contribution in [1.82, 2.24) is 15.1 Å². The Hall–Kier alpha value is -2.15. The van der Waals surface area contributed by atoms with E-state index in [2.05, 4.69) is 15.1 Å². The monoisotopic (exact) mass is 320 g/mol. The van der Waals surface area contributed by atoms with Crippen molar-refractivity contribution in [2.75, 3.05) is 44.2 Å². The number of hydrogen-bond acceptors (Lipinski definition) is 4. The van der Waals surface area contributed by atoms with Gasteiger partial charge < -0.3 is 10.2 Å². The summed E-state index contributed by atoms with van der Waals surface area (Å²) in [5.41, 5.74) is 0.990. The van der Waals surface area contributed by atoms with Crippen LogP contribution in [0.15, 0.2) is 24.3 Å². The van der Waals surface area contributed by atoms with Crippen molar-refractivity contribution in [3.8, 4) is 0 Å². The van der Waals surface area contributed by atoms with Crippen molar-refractivity contribution in [2.24, 2.45) is 0 Å². The Morgan fingerprint density at radius 1 is 1.13 bits per heavy atom. The summed E-state index contributed by atoms with van der Waals surface area (Å²) in [5.74, 6) is -0.384. The van der Waals surface area contributed by atoms with E-state index in [1.807, 2.05) is 6.92 Å². The maximum absolute atomic E-state index is 13.0. The fourth-order valence-corrected chi connectivity index (χ4v) is 3.08. The number of nitrogens with zero attached hydrogens (tertiary/aromatic N) is 3. The average molecular weight is 320 g/mol. The van der Waals surface area contributed by atoms with Gasteiger partial charge in [0, 0.05) is 45.0 Å². The van der Waals surface area contributed by atoms with Crippen LogP contribution in [0.4, 0.5) is 14.9 Å². The number of nitrogens with one attached hydrogen (secondary N) is 1. The number of benzene rings is 1. The molecule has 1 aromatic rings. The average Bonchev–Trinajstić information content (AvgIpc) is 3.00. The molecule has 2 aliphatic rings. The molecule has 1 atom stereocenters. The van der Waals surface area contributed by atoms with Gasteiger partial charge in [-0.1, -0.05) is 0 Å². The number of piperazine rings is 1. The Kier molecular flexibility index (Phi) is 4.47. The van der Waals surface area contributed by atoms with Crippen LogP contribution in [-0.2, 0) is 4.79 Å². The zero-order valence-electron chi connectivity index (χ0n) is 13.2. The molecule has 6 nitrogen and oxygen atoms in total. The number of carbonyl (C=O) groups excluding carboxylic acids is 2. The fourth-order valence-electron chi connectivity index (χ4n) is 3.08. The summed E-state index contributed by atoms with van der Waals surface area (Å²) in [5, 5.41) is 2.65. The van der Waals surface area contributed by atoms with E-state index in [1.165, 1.54) is 17.0 Å². The van der Waals surface area contributed by atoms with Gasteiger partial charge in [0.2, 0.25) is 5.91 Å². The van der Waals surface area contributed by atoms with Crippen LogP contribution in [-0.4, -0.2) is 67.0 Å². The van der Waals surface area contributed by atoms with E-state index in [1.54, 1.807) is 12.1 Å². The first kappa shape index (κ1) is 15.7. The minimum atomic E-state index is -0.311. The van der Waals surface area contributed by atoms with E-state index in [0.29, 0.717) is 13.1 Å². The third kappa shape index (κ3) is 3.29. The predicted octanol–water partition coefficient (Wildman–Crippen LogP) is 0.888. The molecule has 0 bridgehead atoms. The Balaban J connectivity index is 1.56. The zero-order valence-corrected chi connectivity index (χ0v) is 13.2. The van der Waals surface area contributed by atoms with E-state index in [-0.39, 0.29) is 23.8 Å². The Labute approximate surface area is 134 Å². The second-order valence-electron chi connectivity index (χ2n) is 5.90. The Morgan fingerprint density at radius 3 is 2.35 bits per heavy atom. The highest BCUT2D eigenvalue weighted by atomic mass is 19.1. The van der Waals surface area contributed by atoms with Gasteiger partial charge in [-0.15, -0.1) is 0 Å². The fraction of sp³-hybridized carbons (Fsp3) is 0.500. The number of amides is 3. The lowest BCUT2D eigenvalue weighted by Crippen LogP contribution is -2.55. The molecule has 0 saturated carbocycles. The molecule has 23 heavy (non-hydrogen) atoms. The Bertz CT molecular complexity index is 584. The van der Waals surface area contributed by atoms with Crippen molar-refractivity contribution in [3.05, 3.63) is 30.1 Å². The number of halogens is 1. The van der Waals surface area contributed by atoms with E-state index < -0.39 is 0 Å². The largest absolute Gasteiger partial charge is 0.369 e. The van der Waals surface area contributed by atoms with Crippen LogP contribution in [0.2, 0.25) is 0 Å². The lowest BCUT2D eigenvalue weighted by molar-refractivity contribution is -0.132. The third-order valence-electron chi connectivity index (χ3n) is 4.53. The van der Waals surface area contributed by atoms with E-state index in [4.69, 9.17) is 0 Å². The highest BCUT2D eigenvalue weighted by Gasteiger charge is 2.33. The lowest BCUT2D eigenvalue weighted by atomic mass is 10.2. The number of imide groups is 1. The summed E-state index contributed by atoms with van der Waals surface area (Å²) >= 11 is 0. The molecule has 2 saturated heterocycles. The van der Waals surface area contributed by atoms with Crippen LogP contribution >= 0.6 is 0 Å². The van der Waals surface area contributed by atoms with Crippen LogP contribution in [0.1, 0.15) is 6.92 Å². The Morgan fingerprint density at radius 2 is 1.78 bits per heavy atom. The summed E-state index contributed by atoms with van der Waals surface area (Å²) in [6, 6.07) is 5.85. The molecule has 2 fully saturated rings. The third-order valence-corrected chi connectivity index (χ3v) is 4.53. The van der Waals surface area contributed by atoms with Gasteiger partial charge in [0.15, 0.2) is 0 Å². The van der Waals surface area contributed by atoms with Gasteiger partial charge in [0.05, 0.1) is 6.04 Å². The highest BCUT2D eigenvalue weighted by molar-refractivity contribution is 5.98. The van der Waals surface area contributed by atoms with Gasteiger partial charge in [0.1, 0.15) is 5.82 Å². The second kappa shape index (κ2) is 6.54. The van der Waals surface area contributed by atoms with E-state index in [0.717, 1.165) is 31.9 Å². The molecule has 1 aromatic carbocycles. The standard InChI is InChI=1S/C16H21FN4O2/c1-12(15(22)21-7-6-18-16(21)23)19-8-10-20(11-9-19)14-4-2-13(17)3-5-14/h2-5,12H,6-11H2,1H3,(H,18,23)/t12-/m0/s1. The summed E-state index contributed by atoms with van der Waals surface area (Å²) < 4.78 is 13.0. The number of urea groups is 1. The van der Waals surface area contributed by atoms with Crippen LogP contribution in [0.25, 0.3) is 0 Å². The van der Waals surface area contributed by atoms with Crippen molar-refractivity contribution < 1.29 is 14.0 Å². The number of carbonyl (C=O) groups is 2. The number of hydrogen-bond donors (Lipinski definition) is 1. The first-order valence-electron chi connectivity index (χ1n) is 7.90. The van der Waals surface area contributed by atoms with Crippen molar-refractivity contribution in [1.29, 1.82) is 0 Å². The lowest BCUT2D eigenvalue weighted by Gasteiger charge is -2.39. The molecule has 2 aliphatic heterocycles. The normalized spacial score (nSPS) is 20.5. The van der Waals surface area contributed by atoms with Gasteiger partial charge in [-0.2, -0.15) is 0 Å². The van der Waals surface area contributed by atoms with E-state index >= 15 is 0 Å². The molecule has 1 N–H and O–H groups in total. The van der Waals surface area contributed by atoms with Gasteiger partial charge >= 0.3 is 6.03 Å². The summed E-state index contributed by atoms with van der Waals surface area (Å²) in [7, 11) is 0. The number of rotatable bonds is 3. The molecule has 2 heterocycles. The van der Waals surface area contributed by atoms with Gasteiger partial charge in [-0.25, -0.2) is 9.18 Å². The molecular weight excluding hydrogens is 299 g/mol. The molecule has 3 rings (SSSR count). The highest BCUT2D eigenvalue weighted by Crippen LogP contribution is 2.18. The van der Waals surface area contributed by atoms with Crippen LogP contribution < -0.4 is 10.2 Å². The predicted molar refractivity (Wildman–Crippen MR) is 84.8 cm³/mol. The summed E-state index contributed by atoms with van der Waals surface area (Å²) in [6.07, 6.45) is 0. The molecule has 0 radical (unpaired) electrons. The maximum Gasteiger partial charge on any atom is 0.324 e. The molecule has 0 spiro atoms. The van der Waals surface area contributed by atoms with Gasteiger partial charge in [0.25, 0.3) is 0 Å². The van der Waals surface area contributed by atoms with Gasteiger partial charge in [-0.3, -0.25) is 14.6 Å². The van der Waals surface area contributed by atoms with Gasteiger partial charge in [-0.05, 0) is 31.2 Å². The topological polar surface area (TPSA) is 55.9 Å². The quantitative estimate of drug-likeness (QED) is 0.899. The molecule has 0 aliphatic carbocycles. The molecular formula is C16H21FN4O2. The summed E-state index contributed by atoms with van der Waals surface area (Å²) in [6.45, 7) is 5.83. The zero-order chi connectivity index (χ0) is 16.4. The van der Waals surface area contributed by atoms with Crippen molar-refractivity contribution >= 4 is 17.6 Å². The smallest absolute Gasteiger partial charge is 0.324 e. The summed E-state index contributed by atoms with van der Waals surface area (Å²) in [4.78, 5) is 29.6.